The van der Waals surface area contributed by atoms with E-state index in [1.54, 1.807) is 0 Å². The largest absolute Gasteiger partial charge is 0.341 e. The monoisotopic (exact) mass is 216 g/mol. The SMILES string of the molecule is N#CC(N)CC[Si](Cl)(Cl)Cl. The van der Waals surface area contributed by atoms with Gasteiger partial charge >= 0.3 is 6.00 Å². The third-order valence-corrected chi connectivity index (χ3v) is 3.46. The van der Waals surface area contributed by atoms with Gasteiger partial charge in [-0.25, -0.2) is 0 Å². The van der Waals surface area contributed by atoms with Gasteiger partial charge in [-0.1, -0.05) is 0 Å². The predicted octanol–water partition coefficient (Wildman–Crippen LogP) is 1.88. The smallest absolute Gasteiger partial charge is 0.316 e. The van der Waals surface area contributed by atoms with Gasteiger partial charge in [0.1, 0.15) is 0 Å². The predicted molar refractivity (Wildman–Crippen MR) is 46.3 cm³/mol. The van der Waals surface area contributed by atoms with Gasteiger partial charge in [-0.05, 0) is 12.5 Å². The Hall–Kier alpha value is 0.537. The number of nitrogens with two attached hydrogens (primary N) is 1. The molecule has 0 bridgehead atoms. The lowest BCUT2D eigenvalue weighted by Gasteiger charge is -2.07. The number of nitriles is 1. The van der Waals surface area contributed by atoms with Gasteiger partial charge in [0, 0.05) is 0 Å². The summed E-state index contributed by atoms with van der Waals surface area (Å²) >= 11 is 16.6. The molecule has 0 aliphatic heterocycles. The van der Waals surface area contributed by atoms with Gasteiger partial charge in [-0.3, -0.25) is 0 Å². The molecule has 0 spiro atoms. The molecule has 6 heteroatoms. The van der Waals surface area contributed by atoms with Crippen LogP contribution in [0.5, 0.6) is 0 Å². The topological polar surface area (TPSA) is 49.8 Å². The van der Waals surface area contributed by atoms with Crippen LogP contribution >= 0.6 is 33.2 Å². The Labute approximate surface area is 75.0 Å². The summed E-state index contributed by atoms with van der Waals surface area (Å²) in [4.78, 5) is 0. The van der Waals surface area contributed by atoms with Crippen LogP contribution in [0.3, 0.4) is 0 Å². The van der Waals surface area contributed by atoms with Crippen molar-refractivity contribution >= 4 is 39.2 Å². The molecule has 0 amide bonds. The molecule has 0 rings (SSSR count). The molecule has 0 aliphatic rings. The van der Waals surface area contributed by atoms with Crippen molar-refractivity contribution in [1.29, 1.82) is 5.26 Å². The summed E-state index contributed by atoms with van der Waals surface area (Å²) < 4.78 is 0. The second-order valence-corrected chi connectivity index (χ2v) is 11.2. The van der Waals surface area contributed by atoms with E-state index in [0.717, 1.165) is 0 Å². The summed E-state index contributed by atoms with van der Waals surface area (Å²) in [5.41, 5.74) is 5.27. The van der Waals surface area contributed by atoms with Crippen molar-refractivity contribution in [2.75, 3.05) is 0 Å². The minimum atomic E-state index is -2.55. The van der Waals surface area contributed by atoms with Crippen LogP contribution in [0.4, 0.5) is 0 Å². The van der Waals surface area contributed by atoms with E-state index in [2.05, 4.69) is 0 Å². The third-order valence-electron chi connectivity index (χ3n) is 0.905. The standard InChI is InChI=1S/C4H7Cl3N2Si/c5-10(6,7)2-1-4(9)3-8/h4H,1-2,9H2. The Morgan fingerprint density at radius 1 is 1.50 bits per heavy atom. The Bertz CT molecular complexity index is 138. The molecule has 0 aromatic carbocycles. The molecule has 1 atom stereocenters. The highest BCUT2D eigenvalue weighted by Gasteiger charge is 2.25. The highest BCUT2D eigenvalue weighted by Crippen LogP contribution is 2.26. The average Bonchev–Trinajstić information content (AvgIpc) is 1.81. The normalized spacial score (nSPS) is 14.3. The molecule has 0 heterocycles. The summed E-state index contributed by atoms with van der Waals surface area (Å²) in [6.07, 6.45) is 0.471. The highest BCUT2D eigenvalue weighted by atomic mass is 35.8. The molecule has 0 radical (unpaired) electrons. The Balaban J connectivity index is 3.48. The molecule has 58 valence electrons. The van der Waals surface area contributed by atoms with Crippen LogP contribution in [-0.2, 0) is 0 Å². The van der Waals surface area contributed by atoms with Crippen LogP contribution in [0.1, 0.15) is 6.42 Å². The molecule has 10 heavy (non-hydrogen) atoms. The summed E-state index contributed by atoms with van der Waals surface area (Å²) in [7, 11) is 0. The first kappa shape index (κ1) is 10.5. The summed E-state index contributed by atoms with van der Waals surface area (Å²) in [5.74, 6) is 0. The molecule has 2 N–H and O–H groups in total. The molecule has 2 nitrogen and oxygen atoms in total. The van der Waals surface area contributed by atoms with Crippen LogP contribution < -0.4 is 5.73 Å². The molecule has 0 saturated heterocycles. The van der Waals surface area contributed by atoms with Crippen LogP contribution in [0.2, 0.25) is 6.04 Å². The zero-order valence-corrected chi connectivity index (χ0v) is 8.42. The van der Waals surface area contributed by atoms with E-state index >= 15 is 0 Å². The van der Waals surface area contributed by atoms with E-state index < -0.39 is 12.0 Å². The number of rotatable bonds is 3. The first-order valence-corrected chi connectivity index (χ1v) is 7.92. The van der Waals surface area contributed by atoms with E-state index in [0.29, 0.717) is 12.5 Å². The molecular formula is C4H7Cl3N2Si. The first-order chi connectivity index (χ1) is 4.45. The van der Waals surface area contributed by atoms with E-state index in [1.807, 2.05) is 6.07 Å². The van der Waals surface area contributed by atoms with E-state index in [4.69, 9.17) is 44.2 Å². The quantitative estimate of drug-likeness (QED) is 0.580. The average molecular weight is 218 g/mol. The summed E-state index contributed by atoms with van der Waals surface area (Å²) in [6, 6.07) is -0.735. The second-order valence-electron chi connectivity index (χ2n) is 1.89. The van der Waals surface area contributed by atoms with E-state index in [-0.39, 0.29) is 0 Å². The zero-order valence-electron chi connectivity index (χ0n) is 5.15. The molecule has 0 fully saturated rings. The fraction of sp³-hybridized carbons (Fsp3) is 0.750. The van der Waals surface area contributed by atoms with Crippen LogP contribution in [0.15, 0.2) is 0 Å². The minimum Gasteiger partial charge on any atom is -0.316 e. The molecule has 0 saturated carbocycles. The van der Waals surface area contributed by atoms with Crippen molar-refractivity contribution in [3.8, 4) is 6.07 Å². The Kier molecular flexibility index (Phi) is 4.66. The van der Waals surface area contributed by atoms with Crippen LogP contribution in [-0.4, -0.2) is 12.0 Å². The number of hydrogen-bond acceptors (Lipinski definition) is 2. The van der Waals surface area contributed by atoms with Gasteiger partial charge in [0.15, 0.2) is 0 Å². The van der Waals surface area contributed by atoms with Crippen molar-refractivity contribution in [3.05, 3.63) is 0 Å². The number of hydrogen-bond donors (Lipinski definition) is 1. The fourth-order valence-electron chi connectivity index (χ4n) is 0.384. The molecule has 0 aliphatic carbocycles. The first-order valence-electron chi connectivity index (χ1n) is 2.67. The van der Waals surface area contributed by atoms with Crippen LogP contribution in [0.25, 0.3) is 0 Å². The van der Waals surface area contributed by atoms with E-state index in [9.17, 15) is 0 Å². The maximum atomic E-state index is 8.24. The maximum absolute atomic E-state index is 8.24. The van der Waals surface area contributed by atoms with Gasteiger partial charge in [0.25, 0.3) is 0 Å². The van der Waals surface area contributed by atoms with Crippen molar-refractivity contribution in [3.63, 3.8) is 0 Å². The summed E-state index contributed by atoms with van der Waals surface area (Å²) in [6.45, 7) is 0. The lowest BCUT2D eigenvalue weighted by molar-refractivity contribution is 0.791. The Morgan fingerprint density at radius 3 is 2.30 bits per heavy atom. The fourth-order valence-corrected chi connectivity index (χ4v) is 2.00. The highest BCUT2D eigenvalue weighted by molar-refractivity contribution is 7.64. The Morgan fingerprint density at radius 2 is 2.00 bits per heavy atom. The molecule has 0 aromatic rings. The van der Waals surface area contributed by atoms with Crippen molar-refractivity contribution in [2.45, 2.75) is 18.5 Å². The van der Waals surface area contributed by atoms with Gasteiger partial charge in [-0.15, -0.1) is 33.2 Å². The van der Waals surface area contributed by atoms with Crippen molar-refractivity contribution in [1.82, 2.24) is 0 Å². The van der Waals surface area contributed by atoms with Crippen molar-refractivity contribution in [2.24, 2.45) is 5.73 Å². The second kappa shape index (κ2) is 4.42. The van der Waals surface area contributed by atoms with Crippen molar-refractivity contribution < 1.29 is 0 Å². The molecule has 1 unspecified atom stereocenters. The van der Waals surface area contributed by atoms with Crippen LogP contribution in [0, 0.1) is 11.3 Å². The number of halogens is 3. The minimum absolute atomic E-state index is 0.451. The zero-order chi connectivity index (χ0) is 8.20. The van der Waals surface area contributed by atoms with E-state index in [1.165, 1.54) is 0 Å². The molecular weight excluding hydrogens is 211 g/mol. The number of nitrogens with zero attached hydrogens (tertiary/aromatic N) is 1. The lowest BCUT2D eigenvalue weighted by Crippen LogP contribution is -2.21. The molecule has 0 aromatic heterocycles. The van der Waals surface area contributed by atoms with Gasteiger partial charge < -0.3 is 5.73 Å². The lowest BCUT2D eigenvalue weighted by atomic mass is 10.3. The van der Waals surface area contributed by atoms with Gasteiger partial charge in [-0.2, -0.15) is 5.26 Å². The van der Waals surface area contributed by atoms with Gasteiger partial charge in [0.2, 0.25) is 0 Å². The third kappa shape index (κ3) is 6.65. The maximum Gasteiger partial charge on any atom is 0.341 e. The van der Waals surface area contributed by atoms with Gasteiger partial charge in [0.05, 0.1) is 12.1 Å². The summed E-state index contributed by atoms with van der Waals surface area (Å²) in [5, 5.41) is 8.24.